The standard InChI is InChI=1S/C27H37N3O2/c1-26(2,28)19-29(3)17-22-8-7-9-24(16-22)23-12-10-21(11-13-23)18-30-20-27(32-25(30)31)14-5-4-6-15-27/h7-13,16H,4-6,14-15,17-20,28H2,1-3H3. The quantitative estimate of drug-likeness (QED) is 0.651. The van der Waals surface area contributed by atoms with Crippen LogP contribution in [0.3, 0.4) is 0 Å². The van der Waals surface area contributed by atoms with Crippen molar-refractivity contribution < 1.29 is 9.53 Å². The highest BCUT2D eigenvalue weighted by atomic mass is 16.6. The van der Waals surface area contributed by atoms with Gasteiger partial charge in [0, 0.05) is 25.2 Å². The van der Waals surface area contributed by atoms with Crippen LogP contribution in [-0.2, 0) is 17.8 Å². The monoisotopic (exact) mass is 435 g/mol. The Kier molecular flexibility index (Phi) is 6.59. The molecule has 4 rings (SSSR count). The summed E-state index contributed by atoms with van der Waals surface area (Å²) in [6.07, 6.45) is 5.42. The van der Waals surface area contributed by atoms with Gasteiger partial charge in [0.15, 0.2) is 0 Å². The fraction of sp³-hybridized carbons (Fsp3) is 0.519. The van der Waals surface area contributed by atoms with Gasteiger partial charge in [-0.05, 0) is 74.9 Å². The zero-order chi connectivity index (χ0) is 22.8. The molecular weight excluding hydrogens is 398 g/mol. The molecule has 1 saturated heterocycles. The molecule has 0 bridgehead atoms. The average Bonchev–Trinajstić information content (AvgIpc) is 3.02. The van der Waals surface area contributed by atoms with Gasteiger partial charge in [0.2, 0.25) is 0 Å². The molecule has 2 N–H and O–H groups in total. The minimum absolute atomic E-state index is 0.159. The molecule has 5 nitrogen and oxygen atoms in total. The lowest BCUT2D eigenvalue weighted by Gasteiger charge is -2.30. The molecule has 1 aliphatic heterocycles. The summed E-state index contributed by atoms with van der Waals surface area (Å²) in [5.41, 5.74) is 10.5. The van der Waals surface area contributed by atoms with Gasteiger partial charge in [0.05, 0.1) is 6.54 Å². The van der Waals surface area contributed by atoms with Crippen LogP contribution in [-0.4, -0.2) is 47.2 Å². The van der Waals surface area contributed by atoms with Crippen LogP contribution >= 0.6 is 0 Å². The molecule has 1 amide bonds. The first-order valence-electron chi connectivity index (χ1n) is 11.9. The van der Waals surface area contributed by atoms with E-state index in [-0.39, 0.29) is 17.2 Å². The summed E-state index contributed by atoms with van der Waals surface area (Å²) in [6, 6.07) is 17.2. The lowest BCUT2D eigenvalue weighted by Crippen LogP contribution is -2.43. The molecular formula is C27H37N3O2. The number of ether oxygens (including phenoxy) is 1. The van der Waals surface area contributed by atoms with Crippen molar-refractivity contribution >= 4 is 6.09 Å². The molecule has 2 aromatic carbocycles. The van der Waals surface area contributed by atoms with Gasteiger partial charge in [-0.2, -0.15) is 0 Å². The van der Waals surface area contributed by atoms with Crippen LogP contribution in [0.5, 0.6) is 0 Å². The van der Waals surface area contributed by atoms with Crippen LogP contribution in [0.25, 0.3) is 11.1 Å². The van der Waals surface area contributed by atoms with Crippen molar-refractivity contribution in [1.29, 1.82) is 0 Å². The summed E-state index contributed by atoms with van der Waals surface area (Å²) in [5, 5.41) is 0. The Morgan fingerprint density at radius 2 is 1.75 bits per heavy atom. The maximum Gasteiger partial charge on any atom is 0.410 e. The summed E-state index contributed by atoms with van der Waals surface area (Å²) >= 11 is 0. The lowest BCUT2D eigenvalue weighted by atomic mass is 9.85. The largest absolute Gasteiger partial charge is 0.441 e. The zero-order valence-electron chi connectivity index (χ0n) is 19.8. The Hall–Kier alpha value is -2.37. The van der Waals surface area contributed by atoms with Gasteiger partial charge >= 0.3 is 6.09 Å². The number of amides is 1. The number of rotatable bonds is 7. The van der Waals surface area contributed by atoms with Gasteiger partial charge in [0.1, 0.15) is 5.60 Å². The van der Waals surface area contributed by atoms with Crippen LogP contribution in [0.1, 0.15) is 57.1 Å². The SMILES string of the molecule is CN(Cc1cccc(-c2ccc(CN3CC4(CCCCC4)OC3=O)cc2)c1)CC(C)(C)N. The summed E-state index contributed by atoms with van der Waals surface area (Å²) < 4.78 is 5.82. The van der Waals surface area contributed by atoms with Crippen LogP contribution in [0.15, 0.2) is 48.5 Å². The topological polar surface area (TPSA) is 58.8 Å². The number of hydrogen-bond donors (Lipinski definition) is 1. The molecule has 0 atom stereocenters. The predicted molar refractivity (Wildman–Crippen MR) is 129 cm³/mol. The first-order chi connectivity index (χ1) is 15.2. The number of nitrogens with zero attached hydrogens (tertiary/aromatic N) is 2. The predicted octanol–water partition coefficient (Wildman–Crippen LogP) is 5.18. The van der Waals surface area contributed by atoms with E-state index in [2.05, 4.69) is 74.3 Å². The fourth-order valence-electron chi connectivity index (χ4n) is 5.21. The van der Waals surface area contributed by atoms with E-state index in [0.717, 1.165) is 50.9 Å². The van der Waals surface area contributed by atoms with Gasteiger partial charge < -0.3 is 15.4 Å². The highest BCUT2D eigenvalue weighted by molar-refractivity contribution is 5.71. The van der Waals surface area contributed by atoms with E-state index in [1.165, 1.54) is 23.1 Å². The van der Waals surface area contributed by atoms with E-state index in [0.29, 0.717) is 6.54 Å². The van der Waals surface area contributed by atoms with Crippen molar-refractivity contribution in [3.8, 4) is 11.1 Å². The summed E-state index contributed by atoms with van der Waals surface area (Å²) in [5.74, 6) is 0. The highest BCUT2D eigenvalue weighted by Crippen LogP contribution is 2.37. The third-order valence-electron chi connectivity index (χ3n) is 6.52. The van der Waals surface area contributed by atoms with Crippen LogP contribution < -0.4 is 5.73 Å². The molecule has 2 fully saturated rings. The molecule has 1 spiro atoms. The van der Waals surface area contributed by atoms with Crippen molar-refractivity contribution in [3.63, 3.8) is 0 Å². The van der Waals surface area contributed by atoms with Crippen molar-refractivity contribution in [2.45, 2.75) is 70.2 Å². The molecule has 1 aliphatic carbocycles. The molecule has 1 saturated carbocycles. The number of carbonyl (C=O) groups is 1. The Balaban J connectivity index is 1.39. The minimum Gasteiger partial charge on any atom is -0.441 e. The van der Waals surface area contributed by atoms with Crippen molar-refractivity contribution in [2.24, 2.45) is 5.73 Å². The van der Waals surface area contributed by atoms with Gasteiger partial charge in [-0.25, -0.2) is 4.79 Å². The van der Waals surface area contributed by atoms with Gasteiger partial charge in [-0.1, -0.05) is 48.9 Å². The molecule has 2 aliphatic rings. The number of carbonyl (C=O) groups excluding carboxylic acids is 1. The Bertz CT molecular complexity index is 927. The summed E-state index contributed by atoms with van der Waals surface area (Å²) in [4.78, 5) is 16.6. The summed E-state index contributed by atoms with van der Waals surface area (Å²) in [7, 11) is 2.11. The first kappa shape index (κ1) is 22.8. The minimum atomic E-state index is -0.234. The molecule has 0 aromatic heterocycles. The first-order valence-corrected chi connectivity index (χ1v) is 11.9. The van der Waals surface area contributed by atoms with Crippen LogP contribution in [0.2, 0.25) is 0 Å². The number of benzene rings is 2. The number of nitrogens with two attached hydrogens (primary N) is 1. The highest BCUT2D eigenvalue weighted by Gasteiger charge is 2.45. The molecule has 172 valence electrons. The third-order valence-corrected chi connectivity index (χ3v) is 6.52. The van der Waals surface area contributed by atoms with E-state index < -0.39 is 0 Å². The number of likely N-dealkylation sites (N-methyl/N-ethyl adjacent to an activating group) is 1. The van der Waals surface area contributed by atoms with Crippen molar-refractivity contribution in [2.75, 3.05) is 20.1 Å². The van der Waals surface area contributed by atoms with E-state index in [4.69, 9.17) is 10.5 Å². The second-order valence-corrected chi connectivity index (χ2v) is 10.5. The Morgan fingerprint density at radius 3 is 2.44 bits per heavy atom. The molecule has 32 heavy (non-hydrogen) atoms. The summed E-state index contributed by atoms with van der Waals surface area (Å²) in [6.45, 7) is 7.15. The molecule has 0 radical (unpaired) electrons. The van der Waals surface area contributed by atoms with Crippen molar-refractivity contribution in [1.82, 2.24) is 9.80 Å². The normalized spacial score (nSPS) is 18.4. The lowest BCUT2D eigenvalue weighted by molar-refractivity contribution is 0.0260. The van der Waals surface area contributed by atoms with E-state index in [1.807, 2.05) is 4.90 Å². The van der Waals surface area contributed by atoms with Crippen LogP contribution in [0, 0.1) is 0 Å². The fourth-order valence-corrected chi connectivity index (χ4v) is 5.21. The second-order valence-electron chi connectivity index (χ2n) is 10.5. The maximum absolute atomic E-state index is 12.4. The van der Waals surface area contributed by atoms with Crippen molar-refractivity contribution in [3.05, 3.63) is 59.7 Å². The Labute approximate surface area is 192 Å². The molecule has 0 unspecified atom stereocenters. The zero-order valence-corrected chi connectivity index (χ0v) is 19.8. The van der Waals surface area contributed by atoms with Gasteiger partial charge in [-0.3, -0.25) is 4.90 Å². The average molecular weight is 436 g/mol. The maximum atomic E-state index is 12.4. The van der Waals surface area contributed by atoms with E-state index in [1.54, 1.807) is 0 Å². The molecule has 5 heteroatoms. The van der Waals surface area contributed by atoms with Gasteiger partial charge in [0.25, 0.3) is 0 Å². The molecule has 1 heterocycles. The van der Waals surface area contributed by atoms with Gasteiger partial charge in [-0.15, -0.1) is 0 Å². The third kappa shape index (κ3) is 5.70. The number of hydrogen-bond acceptors (Lipinski definition) is 4. The smallest absolute Gasteiger partial charge is 0.410 e. The Morgan fingerprint density at radius 1 is 1.03 bits per heavy atom. The van der Waals surface area contributed by atoms with Crippen LogP contribution in [0.4, 0.5) is 4.79 Å². The van der Waals surface area contributed by atoms with E-state index >= 15 is 0 Å². The second kappa shape index (κ2) is 9.24. The molecule has 2 aromatic rings. The van der Waals surface area contributed by atoms with E-state index in [9.17, 15) is 4.79 Å².